The van der Waals surface area contributed by atoms with Crippen LogP contribution in [0.1, 0.15) is 38.7 Å². The Morgan fingerprint density at radius 3 is 2.39 bits per heavy atom. The molecule has 2 N–H and O–H groups in total. The minimum Gasteiger partial charge on any atom is -0.497 e. The molecule has 0 aromatic heterocycles. The molecular formula is C22H39N5O. The highest BCUT2D eigenvalue weighted by molar-refractivity contribution is 5.79. The van der Waals surface area contributed by atoms with Gasteiger partial charge in [0.15, 0.2) is 5.96 Å². The average Bonchev–Trinajstić information content (AvgIpc) is 2.72. The lowest BCUT2D eigenvalue weighted by Gasteiger charge is -2.35. The summed E-state index contributed by atoms with van der Waals surface area (Å²) in [7, 11) is 3.90. The van der Waals surface area contributed by atoms with Crippen molar-refractivity contribution < 1.29 is 4.74 Å². The van der Waals surface area contributed by atoms with Crippen LogP contribution in [0.3, 0.4) is 0 Å². The molecule has 1 aromatic carbocycles. The number of likely N-dealkylation sites (N-methyl/N-ethyl adjacent to an activating group) is 1. The van der Waals surface area contributed by atoms with E-state index in [0.717, 1.165) is 63.9 Å². The Hall–Kier alpha value is -1.79. The van der Waals surface area contributed by atoms with Gasteiger partial charge in [-0.25, -0.2) is 0 Å². The molecule has 0 spiro atoms. The zero-order valence-corrected chi connectivity index (χ0v) is 18.4. The summed E-state index contributed by atoms with van der Waals surface area (Å²) >= 11 is 0. The summed E-state index contributed by atoms with van der Waals surface area (Å²) in [6.07, 6.45) is 1.06. The number of methoxy groups -OCH3 is 1. The molecule has 1 heterocycles. The van der Waals surface area contributed by atoms with E-state index in [1.807, 2.05) is 12.1 Å². The fourth-order valence-corrected chi connectivity index (χ4v) is 3.45. The van der Waals surface area contributed by atoms with E-state index in [1.165, 1.54) is 5.56 Å². The third kappa shape index (κ3) is 7.32. The number of aliphatic imine (C=N–C) groups is 1. The monoisotopic (exact) mass is 389 g/mol. The standard InChI is InChI=1S/C22H39N5O/c1-6-23-22(25-17-19(3)27-15-13-26(4)14-16-27)24-12-11-18(2)20-7-9-21(28-5)10-8-20/h7-10,18-19H,6,11-17H2,1-5H3,(H2,23,24,25). The Morgan fingerprint density at radius 2 is 1.79 bits per heavy atom. The van der Waals surface area contributed by atoms with Crippen molar-refractivity contribution in [2.24, 2.45) is 4.99 Å². The van der Waals surface area contributed by atoms with E-state index in [-0.39, 0.29) is 0 Å². The van der Waals surface area contributed by atoms with E-state index in [0.29, 0.717) is 12.0 Å². The highest BCUT2D eigenvalue weighted by atomic mass is 16.5. The van der Waals surface area contributed by atoms with Crippen LogP contribution in [0, 0.1) is 0 Å². The number of hydrogen-bond acceptors (Lipinski definition) is 4. The second-order valence-electron chi connectivity index (χ2n) is 7.80. The fourth-order valence-electron chi connectivity index (χ4n) is 3.45. The number of ether oxygens (including phenoxy) is 1. The van der Waals surface area contributed by atoms with Gasteiger partial charge in [-0.15, -0.1) is 0 Å². The number of hydrogen-bond donors (Lipinski definition) is 2. The Morgan fingerprint density at radius 1 is 1.11 bits per heavy atom. The van der Waals surface area contributed by atoms with Gasteiger partial charge in [0.05, 0.1) is 13.7 Å². The molecule has 0 saturated carbocycles. The normalized spacial score (nSPS) is 18.5. The first-order valence-corrected chi connectivity index (χ1v) is 10.6. The summed E-state index contributed by atoms with van der Waals surface area (Å²) in [4.78, 5) is 9.75. The van der Waals surface area contributed by atoms with Crippen molar-refractivity contribution in [2.75, 3.05) is 60.0 Å². The van der Waals surface area contributed by atoms with Crippen molar-refractivity contribution in [3.05, 3.63) is 29.8 Å². The maximum absolute atomic E-state index is 5.24. The van der Waals surface area contributed by atoms with Crippen LogP contribution in [0.15, 0.2) is 29.3 Å². The summed E-state index contributed by atoms with van der Waals surface area (Å²) in [6.45, 7) is 13.8. The van der Waals surface area contributed by atoms with Gasteiger partial charge in [-0.2, -0.15) is 0 Å². The minimum atomic E-state index is 0.474. The number of nitrogens with one attached hydrogen (secondary N) is 2. The van der Waals surface area contributed by atoms with E-state index >= 15 is 0 Å². The van der Waals surface area contributed by atoms with E-state index < -0.39 is 0 Å². The van der Waals surface area contributed by atoms with Crippen molar-refractivity contribution in [1.29, 1.82) is 0 Å². The lowest BCUT2D eigenvalue weighted by Crippen LogP contribution is -2.49. The van der Waals surface area contributed by atoms with Gasteiger partial charge in [-0.1, -0.05) is 19.1 Å². The molecule has 158 valence electrons. The molecule has 0 amide bonds. The zero-order chi connectivity index (χ0) is 20.4. The molecule has 2 unspecified atom stereocenters. The van der Waals surface area contributed by atoms with E-state index in [9.17, 15) is 0 Å². The largest absolute Gasteiger partial charge is 0.497 e. The number of piperazine rings is 1. The van der Waals surface area contributed by atoms with Crippen LogP contribution < -0.4 is 15.4 Å². The third-order valence-electron chi connectivity index (χ3n) is 5.57. The molecule has 6 nitrogen and oxygen atoms in total. The van der Waals surface area contributed by atoms with Gasteiger partial charge in [0.2, 0.25) is 0 Å². The van der Waals surface area contributed by atoms with Crippen LogP contribution in [0.4, 0.5) is 0 Å². The van der Waals surface area contributed by atoms with Crippen LogP contribution in [-0.4, -0.2) is 81.8 Å². The summed E-state index contributed by atoms with van der Waals surface area (Å²) in [5.41, 5.74) is 1.34. The topological polar surface area (TPSA) is 52.1 Å². The quantitative estimate of drug-likeness (QED) is 0.502. The van der Waals surface area contributed by atoms with Crippen molar-refractivity contribution >= 4 is 5.96 Å². The minimum absolute atomic E-state index is 0.474. The highest BCUT2D eigenvalue weighted by Crippen LogP contribution is 2.21. The predicted molar refractivity (Wildman–Crippen MR) is 119 cm³/mol. The second-order valence-corrected chi connectivity index (χ2v) is 7.80. The molecule has 1 aliphatic rings. The molecule has 28 heavy (non-hydrogen) atoms. The van der Waals surface area contributed by atoms with Crippen LogP contribution in [0.25, 0.3) is 0 Å². The van der Waals surface area contributed by atoms with Crippen LogP contribution in [0.2, 0.25) is 0 Å². The Labute approximate surface area is 171 Å². The molecule has 1 fully saturated rings. The first-order chi connectivity index (χ1) is 13.5. The molecule has 1 aromatic rings. The highest BCUT2D eigenvalue weighted by Gasteiger charge is 2.18. The molecular weight excluding hydrogens is 350 g/mol. The molecule has 6 heteroatoms. The zero-order valence-electron chi connectivity index (χ0n) is 18.4. The smallest absolute Gasteiger partial charge is 0.191 e. The first-order valence-electron chi connectivity index (χ1n) is 10.6. The van der Waals surface area contributed by atoms with Gasteiger partial charge in [-0.05, 0) is 50.9 Å². The summed E-state index contributed by atoms with van der Waals surface area (Å²) < 4.78 is 5.24. The lowest BCUT2D eigenvalue weighted by molar-refractivity contribution is 0.122. The Kier molecular flexibility index (Phi) is 9.58. The van der Waals surface area contributed by atoms with Crippen LogP contribution in [-0.2, 0) is 0 Å². The van der Waals surface area contributed by atoms with Crippen LogP contribution in [0.5, 0.6) is 5.75 Å². The predicted octanol–water partition coefficient (Wildman–Crippen LogP) is 2.38. The van der Waals surface area contributed by atoms with Crippen molar-refractivity contribution in [3.63, 3.8) is 0 Å². The number of benzene rings is 1. The van der Waals surface area contributed by atoms with Crippen molar-refractivity contribution in [2.45, 2.75) is 39.2 Å². The average molecular weight is 390 g/mol. The van der Waals surface area contributed by atoms with Gasteiger partial charge in [0, 0.05) is 45.3 Å². The molecule has 1 aliphatic heterocycles. The van der Waals surface area contributed by atoms with E-state index in [4.69, 9.17) is 9.73 Å². The molecule has 0 bridgehead atoms. The van der Waals surface area contributed by atoms with Gasteiger partial charge in [0.25, 0.3) is 0 Å². The van der Waals surface area contributed by atoms with Gasteiger partial charge >= 0.3 is 0 Å². The number of nitrogens with zero attached hydrogens (tertiary/aromatic N) is 3. The number of rotatable bonds is 9. The fraction of sp³-hybridized carbons (Fsp3) is 0.682. The third-order valence-corrected chi connectivity index (χ3v) is 5.57. The van der Waals surface area contributed by atoms with Gasteiger partial charge in [0.1, 0.15) is 5.75 Å². The van der Waals surface area contributed by atoms with Gasteiger partial charge in [-0.3, -0.25) is 9.89 Å². The molecule has 2 atom stereocenters. The Balaban J connectivity index is 1.78. The molecule has 0 radical (unpaired) electrons. The molecule has 2 rings (SSSR count). The van der Waals surface area contributed by atoms with E-state index in [1.54, 1.807) is 7.11 Å². The summed E-state index contributed by atoms with van der Waals surface area (Å²) in [6, 6.07) is 8.85. The SMILES string of the molecule is CCNC(=NCC(C)N1CCN(C)CC1)NCCC(C)c1ccc(OC)cc1. The van der Waals surface area contributed by atoms with Crippen molar-refractivity contribution in [3.8, 4) is 5.75 Å². The first kappa shape index (κ1) is 22.5. The Bertz CT molecular complexity index is 581. The van der Waals surface area contributed by atoms with E-state index in [2.05, 4.69) is 60.4 Å². The maximum atomic E-state index is 5.24. The van der Waals surface area contributed by atoms with Crippen molar-refractivity contribution in [1.82, 2.24) is 20.4 Å². The maximum Gasteiger partial charge on any atom is 0.191 e. The lowest BCUT2D eigenvalue weighted by atomic mass is 9.98. The summed E-state index contributed by atoms with van der Waals surface area (Å²) in [5.74, 6) is 2.32. The van der Waals surface area contributed by atoms with Gasteiger partial charge < -0.3 is 20.3 Å². The second kappa shape index (κ2) is 11.9. The molecule has 1 saturated heterocycles. The number of guanidine groups is 1. The van der Waals surface area contributed by atoms with Crippen LogP contribution >= 0.6 is 0 Å². The summed E-state index contributed by atoms with van der Waals surface area (Å²) in [5, 5.41) is 6.87. The molecule has 0 aliphatic carbocycles.